The SMILES string of the molecule is COc1cccc(C2CCN(C(=O)Nc3ccc4c(c3)OCO4)C2)c1OC. The highest BCUT2D eigenvalue weighted by atomic mass is 16.7. The van der Waals surface area contributed by atoms with Gasteiger partial charge in [0, 0.05) is 36.3 Å². The standard InChI is InChI=1S/C20H22N2O5/c1-24-17-5-3-4-15(19(17)25-2)13-8-9-22(11-13)20(23)21-14-6-7-16-18(10-14)27-12-26-16/h3-7,10,13H,8-9,11-12H2,1-2H3,(H,21,23). The average molecular weight is 370 g/mol. The number of ether oxygens (including phenoxy) is 4. The smallest absolute Gasteiger partial charge is 0.321 e. The number of hydrogen-bond donors (Lipinski definition) is 1. The van der Waals surface area contributed by atoms with E-state index in [0.29, 0.717) is 36.0 Å². The van der Waals surface area contributed by atoms with Crippen LogP contribution in [0.25, 0.3) is 0 Å². The van der Waals surface area contributed by atoms with Gasteiger partial charge in [0.15, 0.2) is 23.0 Å². The summed E-state index contributed by atoms with van der Waals surface area (Å²) in [6.45, 7) is 1.52. The molecule has 2 aliphatic heterocycles. The molecule has 1 saturated heterocycles. The lowest BCUT2D eigenvalue weighted by Crippen LogP contribution is -2.32. The summed E-state index contributed by atoms with van der Waals surface area (Å²) in [4.78, 5) is 14.5. The fraction of sp³-hybridized carbons (Fsp3) is 0.350. The maximum Gasteiger partial charge on any atom is 0.321 e. The van der Waals surface area contributed by atoms with Crippen molar-refractivity contribution in [1.82, 2.24) is 4.90 Å². The van der Waals surface area contributed by atoms with Crippen molar-refractivity contribution in [2.24, 2.45) is 0 Å². The molecule has 0 saturated carbocycles. The summed E-state index contributed by atoms with van der Waals surface area (Å²) in [6, 6.07) is 11.1. The molecule has 0 aliphatic carbocycles. The van der Waals surface area contributed by atoms with E-state index in [-0.39, 0.29) is 18.7 Å². The third-order valence-corrected chi connectivity index (χ3v) is 4.97. The van der Waals surface area contributed by atoms with E-state index < -0.39 is 0 Å². The summed E-state index contributed by atoms with van der Waals surface area (Å²) in [5.41, 5.74) is 1.75. The molecule has 1 unspecified atom stereocenters. The highest BCUT2D eigenvalue weighted by Gasteiger charge is 2.30. The number of amides is 2. The second kappa shape index (κ2) is 7.26. The molecule has 27 heavy (non-hydrogen) atoms. The quantitative estimate of drug-likeness (QED) is 0.893. The van der Waals surface area contributed by atoms with Gasteiger partial charge in [-0.3, -0.25) is 0 Å². The molecule has 7 nitrogen and oxygen atoms in total. The highest BCUT2D eigenvalue weighted by Crippen LogP contribution is 2.39. The van der Waals surface area contributed by atoms with E-state index in [1.54, 1.807) is 26.4 Å². The van der Waals surface area contributed by atoms with Gasteiger partial charge in [-0.2, -0.15) is 0 Å². The second-order valence-corrected chi connectivity index (χ2v) is 6.51. The number of fused-ring (bicyclic) bond motifs is 1. The largest absolute Gasteiger partial charge is 0.493 e. The molecule has 0 radical (unpaired) electrons. The Morgan fingerprint density at radius 3 is 2.81 bits per heavy atom. The van der Waals surface area contributed by atoms with Crippen LogP contribution in [0.3, 0.4) is 0 Å². The molecule has 2 amide bonds. The van der Waals surface area contributed by atoms with Crippen LogP contribution in [0.4, 0.5) is 10.5 Å². The topological polar surface area (TPSA) is 69.3 Å². The van der Waals surface area contributed by atoms with Gasteiger partial charge in [-0.15, -0.1) is 0 Å². The monoisotopic (exact) mass is 370 g/mol. The Labute approximate surface area is 157 Å². The Morgan fingerprint density at radius 1 is 1.15 bits per heavy atom. The molecule has 0 spiro atoms. The highest BCUT2D eigenvalue weighted by molar-refractivity contribution is 5.90. The first-order valence-electron chi connectivity index (χ1n) is 8.86. The van der Waals surface area contributed by atoms with Gasteiger partial charge in [-0.25, -0.2) is 4.79 Å². The average Bonchev–Trinajstić information content (AvgIpc) is 3.36. The van der Waals surface area contributed by atoms with Crippen molar-refractivity contribution in [2.45, 2.75) is 12.3 Å². The van der Waals surface area contributed by atoms with Crippen LogP contribution >= 0.6 is 0 Å². The number of nitrogens with zero attached hydrogens (tertiary/aromatic N) is 1. The van der Waals surface area contributed by atoms with Crippen molar-refractivity contribution in [3.63, 3.8) is 0 Å². The molecule has 1 atom stereocenters. The zero-order valence-electron chi connectivity index (χ0n) is 15.4. The summed E-state index contributed by atoms with van der Waals surface area (Å²) in [5.74, 6) is 2.99. The predicted molar refractivity (Wildman–Crippen MR) is 100 cm³/mol. The van der Waals surface area contributed by atoms with Crippen molar-refractivity contribution in [3.05, 3.63) is 42.0 Å². The molecule has 0 bridgehead atoms. The van der Waals surface area contributed by atoms with Crippen molar-refractivity contribution in [3.8, 4) is 23.0 Å². The van der Waals surface area contributed by atoms with Gasteiger partial charge >= 0.3 is 6.03 Å². The van der Waals surface area contributed by atoms with Gasteiger partial charge in [-0.1, -0.05) is 12.1 Å². The Bertz CT molecular complexity index is 854. The number of anilines is 1. The summed E-state index contributed by atoms with van der Waals surface area (Å²) in [6.07, 6.45) is 0.873. The van der Waals surface area contributed by atoms with Gasteiger partial charge in [0.2, 0.25) is 6.79 Å². The van der Waals surface area contributed by atoms with E-state index in [1.165, 1.54) is 0 Å². The van der Waals surface area contributed by atoms with Gasteiger partial charge in [0.1, 0.15) is 0 Å². The van der Waals surface area contributed by atoms with Gasteiger partial charge < -0.3 is 29.2 Å². The normalized spacial score (nSPS) is 17.7. The van der Waals surface area contributed by atoms with Gasteiger partial charge in [-0.05, 0) is 24.6 Å². The van der Waals surface area contributed by atoms with Crippen LogP contribution in [0.5, 0.6) is 23.0 Å². The number of hydrogen-bond acceptors (Lipinski definition) is 5. The number of carbonyl (C=O) groups excluding carboxylic acids is 1. The Hall–Kier alpha value is -3.09. The lowest BCUT2D eigenvalue weighted by Gasteiger charge is -2.19. The lowest BCUT2D eigenvalue weighted by molar-refractivity contribution is 0.174. The van der Waals surface area contributed by atoms with Crippen LogP contribution in [-0.2, 0) is 0 Å². The number of benzene rings is 2. The third kappa shape index (κ3) is 3.32. The number of likely N-dealkylation sites (tertiary alicyclic amines) is 1. The summed E-state index contributed by atoms with van der Waals surface area (Å²) in [7, 11) is 3.27. The molecule has 2 aromatic carbocycles. The van der Waals surface area contributed by atoms with E-state index in [4.69, 9.17) is 18.9 Å². The van der Waals surface area contributed by atoms with Crippen LogP contribution in [0.1, 0.15) is 17.9 Å². The molecule has 0 aromatic heterocycles. The summed E-state index contributed by atoms with van der Waals surface area (Å²) >= 11 is 0. The molecule has 1 N–H and O–H groups in total. The molecule has 2 aromatic rings. The molecule has 4 rings (SSSR count). The molecular weight excluding hydrogens is 348 g/mol. The van der Waals surface area contributed by atoms with Crippen LogP contribution in [0.2, 0.25) is 0 Å². The van der Waals surface area contributed by atoms with Crippen molar-refractivity contribution in [2.75, 3.05) is 39.4 Å². The first kappa shape index (κ1) is 17.3. The summed E-state index contributed by atoms with van der Waals surface area (Å²) < 4.78 is 21.6. The molecule has 1 fully saturated rings. The fourth-order valence-corrected chi connectivity index (χ4v) is 3.61. The predicted octanol–water partition coefficient (Wildman–Crippen LogP) is 3.45. The minimum Gasteiger partial charge on any atom is -0.493 e. The second-order valence-electron chi connectivity index (χ2n) is 6.51. The zero-order chi connectivity index (χ0) is 18.8. The van der Waals surface area contributed by atoms with Crippen LogP contribution in [0, 0.1) is 0 Å². The number of para-hydroxylation sites is 1. The zero-order valence-corrected chi connectivity index (χ0v) is 15.4. The molecule has 7 heteroatoms. The first-order valence-corrected chi connectivity index (χ1v) is 8.86. The lowest BCUT2D eigenvalue weighted by atomic mass is 9.97. The van der Waals surface area contributed by atoms with E-state index in [9.17, 15) is 4.79 Å². The first-order chi connectivity index (χ1) is 13.2. The minimum atomic E-state index is -0.127. The third-order valence-electron chi connectivity index (χ3n) is 4.97. The number of urea groups is 1. The van der Waals surface area contributed by atoms with Gasteiger partial charge in [0.25, 0.3) is 0 Å². The summed E-state index contributed by atoms with van der Waals surface area (Å²) in [5, 5.41) is 2.93. The maximum atomic E-state index is 12.7. The van der Waals surface area contributed by atoms with Crippen molar-refractivity contribution < 1.29 is 23.7 Å². The van der Waals surface area contributed by atoms with Crippen molar-refractivity contribution in [1.29, 1.82) is 0 Å². The molecular formula is C20H22N2O5. The van der Waals surface area contributed by atoms with E-state index in [0.717, 1.165) is 17.7 Å². The number of carbonyl (C=O) groups is 1. The van der Waals surface area contributed by atoms with Crippen molar-refractivity contribution >= 4 is 11.7 Å². The van der Waals surface area contributed by atoms with Gasteiger partial charge in [0.05, 0.1) is 14.2 Å². The number of methoxy groups -OCH3 is 2. The Morgan fingerprint density at radius 2 is 2.00 bits per heavy atom. The van der Waals surface area contributed by atoms with Crippen LogP contribution < -0.4 is 24.3 Å². The van der Waals surface area contributed by atoms with Crippen LogP contribution in [-0.4, -0.2) is 45.0 Å². The number of rotatable bonds is 4. The minimum absolute atomic E-state index is 0.127. The Balaban J connectivity index is 1.44. The number of nitrogens with one attached hydrogen (secondary N) is 1. The Kier molecular flexibility index (Phi) is 4.66. The van der Waals surface area contributed by atoms with E-state index >= 15 is 0 Å². The maximum absolute atomic E-state index is 12.7. The molecule has 142 valence electrons. The molecule has 2 heterocycles. The van der Waals surface area contributed by atoms with Crippen LogP contribution in [0.15, 0.2) is 36.4 Å². The molecule has 2 aliphatic rings. The van der Waals surface area contributed by atoms with E-state index in [1.807, 2.05) is 29.2 Å². The fourth-order valence-electron chi connectivity index (χ4n) is 3.61. The van der Waals surface area contributed by atoms with E-state index in [2.05, 4.69) is 5.32 Å².